The van der Waals surface area contributed by atoms with Crippen molar-refractivity contribution in [1.82, 2.24) is 10.6 Å². The maximum atomic E-state index is 12.1. The van der Waals surface area contributed by atoms with Crippen LogP contribution in [0.1, 0.15) is 17.3 Å². The van der Waals surface area contributed by atoms with Crippen molar-refractivity contribution in [2.24, 2.45) is 0 Å². The molecule has 0 radical (unpaired) electrons. The van der Waals surface area contributed by atoms with E-state index in [1.54, 1.807) is 42.5 Å². The van der Waals surface area contributed by atoms with Gasteiger partial charge >= 0.3 is 6.03 Å². The van der Waals surface area contributed by atoms with Crippen molar-refractivity contribution in [3.05, 3.63) is 48.0 Å². The van der Waals surface area contributed by atoms with E-state index in [4.69, 9.17) is 9.47 Å². The minimum Gasteiger partial charge on any atom is -0.493 e. The Labute approximate surface area is 168 Å². The van der Waals surface area contributed by atoms with Crippen LogP contribution in [0.25, 0.3) is 0 Å². The van der Waals surface area contributed by atoms with E-state index in [9.17, 15) is 14.4 Å². The Kier molecular flexibility index (Phi) is 7.84. The average Bonchev–Trinajstić information content (AvgIpc) is 2.71. The molecule has 2 aromatic carbocycles. The lowest BCUT2D eigenvalue weighted by Gasteiger charge is -2.11. The van der Waals surface area contributed by atoms with Gasteiger partial charge in [0.15, 0.2) is 11.5 Å². The molecule has 9 nitrogen and oxygen atoms in total. The molecule has 0 spiro atoms. The van der Waals surface area contributed by atoms with E-state index >= 15 is 0 Å². The summed E-state index contributed by atoms with van der Waals surface area (Å²) in [7, 11) is 3.04. The third kappa shape index (κ3) is 6.73. The second kappa shape index (κ2) is 10.5. The highest BCUT2D eigenvalue weighted by Crippen LogP contribution is 2.29. The third-order valence-electron chi connectivity index (χ3n) is 3.80. The molecule has 0 aromatic heterocycles. The van der Waals surface area contributed by atoms with Crippen LogP contribution in [0.4, 0.5) is 16.2 Å². The summed E-state index contributed by atoms with van der Waals surface area (Å²) in [6.45, 7) is 1.91. The Morgan fingerprint density at radius 1 is 0.793 bits per heavy atom. The molecule has 0 atom stereocenters. The van der Waals surface area contributed by atoms with Crippen LogP contribution in [-0.4, -0.2) is 45.2 Å². The summed E-state index contributed by atoms with van der Waals surface area (Å²) in [5.74, 6) is 0.606. The number of amides is 4. The molecule has 4 amide bonds. The number of carbonyl (C=O) groups excluding carboxylic acids is 3. The molecule has 154 valence electrons. The highest BCUT2D eigenvalue weighted by Gasteiger charge is 2.08. The van der Waals surface area contributed by atoms with Crippen LogP contribution < -0.4 is 30.7 Å². The number of hydrogen-bond acceptors (Lipinski definition) is 5. The first-order valence-electron chi connectivity index (χ1n) is 8.85. The molecule has 0 saturated carbocycles. The van der Waals surface area contributed by atoms with Gasteiger partial charge in [0, 0.05) is 43.0 Å². The first kappa shape index (κ1) is 21.5. The van der Waals surface area contributed by atoms with E-state index in [2.05, 4.69) is 21.3 Å². The summed E-state index contributed by atoms with van der Waals surface area (Å²) in [4.78, 5) is 35.1. The van der Waals surface area contributed by atoms with Gasteiger partial charge in [-0.2, -0.15) is 0 Å². The summed E-state index contributed by atoms with van der Waals surface area (Å²) in [6.07, 6.45) is 0. The van der Waals surface area contributed by atoms with Crippen LogP contribution in [0.15, 0.2) is 42.5 Å². The highest BCUT2D eigenvalue weighted by molar-refractivity contribution is 5.95. The normalized spacial score (nSPS) is 9.90. The number of urea groups is 1. The highest BCUT2D eigenvalue weighted by atomic mass is 16.5. The van der Waals surface area contributed by atoms with Crippen molar-refractivity contribution in [2.75, 3.05) is 37.9 Å². The first-order chi connectivity index (χ1) is 13.9. The van der Waals surface area contributed by atoms with E-state index in [0.717, 1.165) is 0 Å². The SMILES string of the molecule is COc1ccc(NC(=O)NCCNC(=O)c2ccc(NC(C)=O)cc2)cc1OC. The third-order valence-corrected chi connectivity index (χ3v) is 3.80. The fourth-order valence-corrected chi connectivity index (χ4v) is 2.45. The van der Waals surface area contributed by atoms with Gasteiger partial charge in [-0.1, -0.05) is 0 Å². The van der Waals surface area contributed by atoms with Crippen LogP contribution in [0.3, 0.4) is 0 Å². The summed E-state index contributed by atoms with van der Waals surface area (Å²) in [5, 5.41) is 10.7. The minimum atomic E-state index is -0.411. The smallest absolute Gasteiger partial charge is 0.319 e. The van der Waals surface area contributed by atoms with Gasteiger partial charge in [0.2, 0.25) is 5.91 Å². The van der Waals surface area contributed by atoms with Crippen LogP contribution in [0.5, 0.6) is 11.5 Å². The van der Waals surface area contributed by atoms with E-state index in [1.807, 2.05) is 0 Å². The Bertz CT molecular complexity index is 868. The van der Waals surface area contributed by atoms with Gasteiger partial charge < -0.3 is 30.7 Å². The topological polar surface area (TPSA) is 118 Å². The summed E-state index contributed by atoms with van der Waals surface area (Å²) in [5.41, 5.74) is 1.61. The van der Waals surface area contributed by atoms with Crippen molar-refractivity contribution in [1.29, 1.82) is 0 Å². The second-order valence-corrected chi connectivity index (χ2v) is 5.97. The molecule has 0 aliphatic carbocycles. The number of ether oxygens (including phenoxy) is 2. The number of anilines is 2. The predicted molar refractivity (Wildman–Crippen MR) is 110 cm³/mol. The van der Waals surface area contributed by atoms with Gasteiger partial charge in [-0.15, -0.1) is 0 Å². The van der Waals surface area contributed by atoms with Crippen LogP contribution >= 0.6 is 0 Å². The van der Waals surface area contributed by atoms with Crippen molar-refractivity contribution in [2.45, 2.75) is 6.92 Å². The molecule has 0 saturated heterocycles. The number of benzene rings is 2. The van der Waals surface area contributed by atoms with Gasteiger partial charge in [-0.05, 0) is 36.4 Å². The zero-order valence-electron chi connectivity index (χ0n) is 16.5. The lowest BCUT2D eigenvalue weighted by atomic mass is 10.2. The minimum absolute atomic E-state index is 0.181. The number of nitrogens with one attached hydrogen (secondary N) is 4. The number of carbonyl (C=O) groups is 3. The molecule has 0 bridgehead atoms. The van der Waals surface area contributed by atoms with Crippen molar-refractivity contribution in [3.8, 4) is 11.5 Å². The maximum absolute atomic E-state index is 12.1. The lowest BCUT2D eigenvalue weighted by molar-refractivity contribution is -0.114. The lowest BCUT2D eigenvalue weighted by Crippen LogP contribution is -2.36. The maximum Gasteiger partial charge on any atom is 0.319 e. The van der Waals surface area contributed by atoms with E-state index < -0.39 is 6.03 Å². The molecule has 0 heterocycles. The summed E-state index contributed by atoms with van der Waals surface area (Å²) < 4.78 is 10.3. The summed E-state index contributed by atoms with van der Waals surface area (Å²) >= 11 is 0. The van der Waals surface area contributed by atoms with Crippen LogP contribution in [-0.2, 0) is 4.79 Å². The Morgan fingerprint density at radius 3 is 2.03 bits per heavy atom. The Morgan fingerprint density at radius 2 is 1.41 bits per heavy atom. The Balaban J connectivity index is 1.75. The zero-order valence-corrected chi connectivity index (χ0v) is 16.5. The molecule has 0 unspecified atom stereocenters. The molecule has 2 aromatic rings. The number of methoxy groups -OCH3 is 2. The van der Waals surface area contributed by atoms with E-state index in [1.165, 1.54) is 21.1 Å². The zero-order chi connectivity index (χ0) is 21.2. The fraction of sp³-hybridized carbons (Fsp3) is 0.250. The fourth-order valence-electron chi connectivity index (χ4n) is 2.45. The second-order valence-electron chi connectivity index (χ2n) is 5.97. The van der Waals surface area contributed by atoms with Crippen molar-refractivity contribution in [3.63, 3.8) is 0 Å². The van der Waals surface area contributed by atoms with Crippen LogP contribution in [0.2, 0.25) is 0 Å². The molecule has 29 heavy (non-hydrogen) atoms. The van der Waals surface area contributed by atoms with Gasteiger partial charge in [-0.3, -0.25) is 9.59 Å². The largest absolute Gasteiger partial charge is 0.493 e. The van der Waals surface area contributed by atoms with Gasteiger partial charge in [0.25, 0.3) is 5.91 Å². The van der Waals surface area contributed by atoms with Crippen molar-refractivity contribution < 1.29 is 23.9 Å². The molecule has 0 fully saturated rings. The first-order valence-corrected chi connectivity index (χ1v) is 8.85. The Hall–Kier alpha value is -3.75. The van der Waals surface area contributed by atoms with Gasteiger partial charge in [0.05, 0.1) is 14.2 Å². The molecule has 4 N–H and O–H groups in total. The van der Waals surface area contributed by atoms with Gasteiger partial charge in [-0.25, -0.2) is 4.79 Å². The molecule has 0 aliphatic heterocycles. The molecule has 0 aliphatic rings. The summed E-state index contributed by atoms with van der Waals surface area (Å²) in [6, 6.07) is 11.1. The quantitative estimate of drug-likeness (QED) is 0.507. The predicted octanol–water partition coefficient (Wildman–Crippen LogP) is 2.21. The van der Waals surface area contributed by atoms with Gasteiger partial charge in [0.1, 0.15) is 0 Å². The van der Waals surface area contributed by atoms with Crippen LogP contribution in [0, 0.1) is 0 Å². The number of rotatable bonds is 8. The average molecular weight is 400 g/mol. The van der Waals surface area contributed by atoms with Crippen molar-refractivity contribution >= 4 is 29.2 Å². The number of hydrogen-bond donors (Lipinski definition) is 4. The standard InChI is InChI=1S/C20H24N4O5/c1-13(25)23-15-6-4-14(5-7-15)19(26)21-10-11-22-20(27)24-16-8-9-17(28-2)18(12-16)29-3/h4-9,12H,10-11H2,1-3H3,(H,21,26)(H,23,25)(H2,22,24,27). The van der Waals surface area contributed by atoms with E-state index in [0.29, 0.717) is 28.4 Å². The van der Waals surface area contributed by atoms with E-state index in [-0.39, 0.29) is 24.9 Å². The molecular formula is C20H24N4O5. The molecule has 9 heteroatoms. The molecular weight excluding hydrogens is 376 g/mol. The molecule has 2 rings (SSSR count). The monoisotopic (exact) mass is 400 g/mol.